The minimum Gasteiger partial charge on any atom is -0.394 e. The number of H-pyrrole nitrogens is 1. The van der Waals surface area contributed by atoms with E-state index in [2.05, 4.69) is 4.98 Å². The molecule has 0 aliphatic carbocycles. The number of aliphatic hydroxyl groups excluding tert-OH is 2. The van der Waals surface area contributed by atoms with Crippen molar-refractivity contribution in [2.45, 2.75) is 24.4 Å². The number of nitrogens with one attached hydrogen (secondary N) is 1. The number of aliphatic hydroxyl groups is 2. The first-order valence-corrected chi connectivity index (χ1v) is 8.52. The Balaban J connectivity index is 2.55. The molecule has 1 fully saturated rings. The SMILES string of the molecule is COP(=O)(C[C@]1(n2ccc(=O)[nH]c2=O)C[C@H](O)[C@@H](CO)O1)OC. The minimum atomic E-state index is -3.63. The Morgan fingerprint density at radius 1 is 1.48 bits per heavy atom. The van der Waals surface area contributed by atoms with E-state index in [9.17, 15) is 24.4 Å². The first kappa shape index (κ1) is 18.1. The molecule has 2 rings (SSSR count). The summed E-state index contributed by atoms with van der Waals surface area (Å²) in [5.74, 6) is 0. The summed E-state index contributed by atoms with van der Waals surface area (Å²) in [7, 11) is -1.26. The van der Waals surface area contributed by atoms with E-state index >= 15 is 0 Å². The molecule has 23 heavy (non-hydrogen) atoms. The molecule has 1 aliphatic rings. The van der Waals surface area contributed by atoms with Crippen molar-refractivity contribution in [2.24, 2.45) is 0 Å². The van der Waals surface area contributed by atoms with Crippen molar-refractivity contribution in [1.82, 2.24) is 9.55 Å². The number of aromatic nitrogens is 2. The molecule has 1 aromatic heterocycles. The topological polar surface area (TPSA) is 140 Å². The van der Waals surface area contributed by atoms with Crippen LogP contribution in [0.1, 0.15) is 6.42 Å². The zero-order valence-corrected chi connectivity index (χ0v) is 13.6. The summed E-state index contributed by atoms with van der Waals surface area (Å²) >= 11 is 0. The molecule has 0 aromatic carbocycles. The van der Waals surface area contributed by atoms with E-state index in [-0.39, 0.29) is 12.6 Å². The molecule has 0 radical (unpaired) electrons. The van der Waals surface area contributed by atoms with E-state index in [0.29, 0.717) is 0 Å². The maximum absolute atomic E-state index is 12.5. The number of rotatable bonds is 6. The Labute approximate surface area is 131 Å². The van der Waals surface area contributed by atoms with Gasteiger partial charge in [-0.15, -0.1) is 0 Å². The van der Waals surface area contributed by atoms with Gasteiger partial charge < -0.3 is 24.0 Å². The van der Waals surface area contributed by atoms with Crippen LogP contribution in [0.25, 0.3) is 0 Å². The lowest BCUT2D eigenvalue weighted by Gasteiger charge is -2.32. The number of hydrogen-bond acceptors (Lipinski definition) is 8. The van der Waals surface area contributed by atoms with Gasteiger partial charge in [0, 0.05) is 32.9 Å². The lowest BCUT2D eigenvalue weighted by atomic mass is 10.1. The fourth-order valence-electron chi connectivity index (χ4n) is 2.60. The van der Waals surface area contributed by atoms with Gasteiger partial charge in [0.05, 0.1) is 18.9 Å². The maximum atomic E-state index is 12.5. The summed E-state index contributed by atoms with van der Waals surface area (Å²) in [5.41, 5.74) is -3.00. The molecule has 3 N–H and O–H groups in total. The fraction of sp³-hybridized carbons (Fsp3) is 0.667. The van der Waals surface area contributed by atoms with Gasteiger partial charge in [0.2, 0.25) is 0 Å². The number of nitrogens with zero attached hydrogens (tertiary/aromatic N) is 1. The van der Waals surface area contributed by atoms with Crippen molar-refractivity contribution in [2.75, 3.05) is 27.0 Å². The smallest absolute Gasteiger partial charge is 0.334 e. The van der Waals surface area contributed by atoms with Gasteiger partial charge in [-0.05, 0) is 0 Å². The van der Waals surface area contributed by atoms with Crippen LogP contribution in [0.2, 0.25) is 0 Å². The quantitative estimate of drug-likeness (QED) is 0.545. The molecule has 0 amide bonds. The summed E-state index contributed by atoms with van der Waals surface area (Å²) in [6, 6.07) is 1.09. The van der Waals surface area contributed by atoms with Gasteiger partial charge in [-0.2, -0.15) is 0 Å². The van der Waals surface area contributed by atoms with Gasteiger partial charge in [-0.3, -0.25) is 18.9 Å². The molecule has 0 spiro atoms. The molecule has 1 saturated heterocycles. The largest absolute Gasteiger partial charge is 0.394 e. The highest BCUT2D eigenvalue weighted by molar-refractivity contribution is 7.53. The van der Waals surface area contributed by atoms with Gasteiger partial charge in [0.1, 0.15) is 6.10 Å². The van der Waals surface area contributed by atoms with Crippen LogP contribution < -0.4 is 11.2 Å². The Kier molecular flexibility index (Phi) is 5.24. The Morgan fingerprint density at radius 3 is 2.61 bits per heavy atom. The third-order valence-electron chi connectivity index (χ3n) is 3.77. The summed E-state index contributed by atoms with van der Waals surface area (Å²) < 4.78 is 28.9. The van der Waals surface area contributed by atoms with E-state index in [1.807, 2.05) is 0 Å². The highest BCUT2D eigenvalue weighted by Gasteiger charge is 2.52. The standard InChI is InChI=1S/C12H19N2O8P/c1-20-23(19,21-2)7-12(5-8(16)9(6-15)22-12)14-4-3-10(17)13-11(14)18/h3-4,8-9,15-16H,5-7H2,1-2H3,(H,13,17,18)/t8-,9+,12-/m0/s1. The van der Waals surface area contributed by atoms with Crippen LogP contribution in [0.15, 0.2) is 21.9 Å². The molecule has 2 heterocycles. The third kappa shape index (κ3) is 3.47. The van der Waals surface area contributed by atoms with E-state index in [1.54, 1.807) is 0 Å². The highest BCUT2D eigenvalue weighted by Crippen LogP contribution is 2.53. The van der Waals surface area contributed by atoms with E-state index in [1.165, 1.54) is 20.4 Å². The van der Waals surface area contributed by atoms with E-state index in [4.69, 9.17) is 13.8 Å². The van der Waals surface area contributed by atoms with Crippen LogP contribution in [-0.2, 0) is 24.1 Å². The van der Waals surface area contributed by atoms with Crippen molar-refractivity contribution >= 4 is 7.60 Å². The second-order valence-electron chi connectivity index (χ2n) is 5.17. The van der Waals surface area contributed by atoms with Crippen molar-refractivity contribution < 1.29 is 28.6 Å². The summed E-state index contributed by atoms with van der Waals surface area (Å²) in [5, 5.41) is 19.3. The molecule has 11 heteroatoms. The zero-order chi connectivity index (χ0) is 17.3. The Bertz CT molecular complexity index is 708. The number of hydrogen-bond donors (Lipinski definition) is 3. The third-order valence-corrected chi connectivity index (χ3v) is 5.76. The predicted octanol–water partition coefficient (Wildman–Crippen LogP) is -1.18. The molecule has 3 atom stereocenters. The predicted molar refractivity (Wildman–Crippen MR) is 78.4 cm³/mol. The van der Waals surface area contributed by atoms with Crippen LogP contribution in [-0.4, -0.2) is 59.0 Å². The maximum Gasteiger partial charge on any atom is 0.334 e. The second-order valence-corrected chi connectivity index (χ2v) is 7.44. The van der Waals surface area contributed by atoms with E-state index in [0.717, 1.165) is 10.6 Å². The van der Waals surface area contributed by atoms with Crippen molar-refractivity contribution in [3.8, 4) is 0 Å². The summed E-state index contributed by atoms with van der Waals surface area (Å²) in [6.07, 6.45) is -1.42. The molecule has 1 aliphatic heterocycles. The Morgan fingerprint density at radius 2 is 2.13 bits per heavy atom. The van der Waals surface area contributed by atoms with E-state index < -0.39 is 43.4 Å². The lowest BCUT2D eigenvalue weighted by Crippen LogP contribution is -2.46. The second kappa shape index (κ2) is 6.68. The number of ether oxygens (including phenoxy) is 1. The van der Waals surface area contributed by atoms with Crippen molar-refractivity contribution in [3.63, 3.8) is 0 Å². The van der Waals surface area contributed by atoms with Crippen molar-refractivity contribution in [1.29, 1.82) is 0 Å². The lowest BCUT2D eigenvalue weighted by molar-refractivity contribution is -0.107. The van der Waals surface area contributed by atoms with Crippen molar-refractivity contribution in [3.05, 3.63) is 33.1 Å². The van der Waals surface area contributed by atoms with Gasteiger partial charge >= 0.3 is 13.3 Å². The monoisotopic (exact) mass is 350 g/mol. The fourth-order valence-corrected chi connectivity index (χ4v) is 3.97. The van der Waals surface area contributed by atoms with Gasteiger partial charge in [0.25, 0.3) is 5.56 Å². The normalized spacial score (nSPS) is 28.2. The molecule has 0 bridgehead atoms. The molecule has 130 valence electrons. The van der Waals surface area contributed by atoms with Crippen LogP contribution in [0, 0.1) is 0 Å². The average molecular weight is 350 g/mol. The number of aromatic amines is 1. The minimum absolute atomic E-state index is 0.138. The molecule has 0 saturated carbocycles. The molecular weight excluding hydrogens is 331 g/mol. The molecule has 1 aromatic rings. The first-order valence-electron chi connectivity index (χ1n) is 6.79. The molecule has 0 unspecified atom stereocenters. The summed E-state index contributed by atoms with van der Waals surface area (Å²) in [6.45, 7) is -0.495. The zero-order valence-electron chi connectivity index (χ0n) is 12.7. The highest BCUT2D eigenvalue weighted by atomic mass is 31.2. The molecular formula is C12H19N2O8P. The van der Waals surface area contributed by atoms with Gasteiger partial charge in [-0.1, -0.05) is 0 Å². The Hall–Kier alpha value is -1.29. The van der Waals surface area contributed by atoms with Crippen LogP contribution in [0.3, 0.4) is 0 Å². The van der Waals surface area contributed by atoms with Crippen LogP contribution in [0.5, 0.6) is 0 Å². The van der Waals surface area contributed by atoms with Crippen LogP contribution in [0.4, 0.5) is 0 Å². The summed E-state index contributed by atoms with van der Waals surface area (Å²) in [4.78, 5) is 25.4. The molecule has 10 nitrogen and oxygen atoms in total. The first-order chi connectivity index (χ1) is 10.8. The van der Waals surface area contributed by atoms with Gasteiger partial charge in [-0.25, -0.2) is 4.79 Å². The van der Waals surface area contributed by atoms with Gasteiger partial charge in [0.15, 0.2) is 5.72 Å². The average Bonchev–Trinajstić information content (AvgIpc) is 2.83. The van der Waals surface area contributed by atoms with Crippen LogP contribution >= 0.6 is 7.60 Å².